The van der Waals surface area contributed by atoms with E-state index in [0.29, 0.717) is 27.8 Å². The molecular formula is C18H18IN5O3. The Hall–Kier alpha value is -2.35. The molecule has 3 fully saturated rings. The summed E-state index contributed by atoms with van der Waals surface area (Å²) in [5.74, 6) is -0.310. The molecule has 3 saturated heterocycles. The number of rotatable bonds is 2. The average molecular weight is 479 g/mol. The molecule has 0 aliphatic carbocycles. The van der Waals surface area contributed by atoms with Crippen LogP contribution >= 0.6 is 22.6 Å². The van der Waals surface area contributed by atoms with Gasteiger partial charge in [0.1, 0.15) is 12.1 Å². The topological polar surface area (TPSA) is 96.7 Å². The van der Waals surface area contributed by atoms with Crippen molar-refractivity contribution < 1.29 is 14.4 Å². The highest BCUT2D eigenvalue weighted by atomic mass is 127. The maximum absolute atomic E-state index is 13.1. The lowest BCUT2D eigenvalue weighted by molar-refractivity contribution is -0.121. The normalized spacial score (nSPS) is 26.0. The number of fused-ring (bicyclic) bond motifs is 5. The van der Waals surface area contributed by atoms with Gasteiger partial charge >= 0.3 is 12.1 Å². The highest BCUT2D eigenvalue weighted by molar-refractivity contribution is 14.1. The molecule has 3 unspecified atom stereocenters. The quantitative estimate of drug-likeness (QED) is 0.518. The number of halogens is 1. The first-order valence-corrected chi connectivity index (χ1v) is 9.84. The van der Waals surface area contributed by atoms with Gasteiger partial charge in [0.25, 0.3) is 5.91 Å². The maximum atomic E-state index is 13.1. The summed E-state index contributed by atoms with van der Waals surface area (Å²) in [6.45, 7) is 4.21. The van der Waals surface area contributed by atoms with Gasteiger partial charge in [-0.1, -0.05) is 0 Å². The number of benzene rings is 1. The summed E-state index contributed by atoms with van der Waals surface area (Å²) in [5.41, 5.74) is 0.955. The van der Waals surface area contributed by atoms with Crippen molar-refractivity contribution in [2.24, 2.45) is 0 Å². The summed E-state index contributed by atoms with van der Waals surface area (Å²) in [4.78, 5) is 43.0. The van der Waals surface area contributed by atoms with Gasteiger partial charge in [-0.3, -0.25) is 4.79 Å². The Labute approximate surface area is 170 Å². The van der Waals surface area contributed by atoms with Crippen LogP contribution in [0.2, 0.25) is 0 Å². The predicted molar refractivity (Wildman–Crippen MR) is 105 cm³/mol. The molecule has 9 heteroatoms. The second kappa shape index (κ2) is 6.37. The van der Waals surface area contributed by atoms with E-state index in [1.807, 2.05) is 36.4 Å². The van der Waals surface area contributed by atoms with E-state index in [-0.39, 0.29) is 36.1 Å². The van der Waals surface area contributed by atoms with Crippen LogP contribution in [0.3, 0.4) is 0 Å². The molecule has 0 saturated carbocycles. The number of carbonyl (C=O) groups is 3. The van der Waals surface area contributed by atoms with Crippen molar-refractivity contribution in [2.45, 2.75) is 44.4 Å². The molecule has 1 aromatic carbocycles. The van der Waals surface area contributed by atoms with Crippen molar-refractivity contribution in [2.75, 3.05) is 11.4 Å². The SMILES string of the molecule is CC(C)NC(=O)N1CC2CC1C1C(=O)N(c3ccc(C#N)c(I)c3)C(=O)N21. The van der Waals surface area contributed by atoms with Crippen LogP contribution < -0.4 is 10.2 Å². The van der Waals surface area contributed by atoms with Crippen LogP contribution in [0, 0.1) is 14.9 Å². The third kappa shape index (κ3) is 2.65. The number of amides is 5. The molecule has 5 amide bonds. The molecule has 1 aromatic rings. The van der Waals surface area contributed by atoms with Gasteiger partial charge in [0.05, 0.1) is 23.3 Å². The Morgan fingerprint density at radius 2 is 2.11 bits per heavy atom. The molecule has 3 atom stereocenters. The number of anilines is 1. The largest absolute Gasteiger partial charge is 0.336 e. The van der Waals surface area contributed by atoms with E-state index in [4.69, 9.17) is 5.26 Å². The Bertz CT molecular complexity index is 895. The van der Waals surface area contributed by atoms with E-state index in [9.17, 15) is 14.4 Å². The molecule has 3 heterocycles. The fourth-order valence-electron chi connectivity index (χ4n) is 4.19. The number of nitrogens with zero attached hydrogens (tertiary/aromatic N) is 4. The lowest BCUT2D eigenvalue weighted by atomic mass is 10.1. The summed E-state index contributed by atoms with van der Waals surface area (Å²) in [7, 11) is 0. The molecule has 3 aliphatic heterocycles. The number of imide groups is 1. The molecule has 4 rings (SSSR count). The average Bonchev–Trinajstić information content (AvgIpc) is 3.26. The molecule has 2 bridgehead atoms. The van der Waals surface area contributed by atoms with Gasteiger partial charge < -0.3 is 15.1 Å². The molecule has 0 spiro atoms. The number of urea groups is 2. The van der Waals surface area contributed by atoms with Crippen LogP contribution in [0.5, 0.6) is 0 Å². The first-order valence-electron chi connectivity index (χ1n) is 8.76. The minimum absolute atomic E-state index is 0.00543. The predicted octanol–water partition coefficient (Wildman–Crippen LogP) is 1.87. The smallest absolute Gasteiger partial charge is 0.332 e. The van der Waals surface area contributed by atoms with Crippen LogP contribution in [-0.4, -0.2) is 58.5 Å². The van der Waals surface area contributed by atoms with Gasteiger partial charge in [0, 0.05) is 16.2 Å². The van der Waals surface area contributed by atoms with Gasteiger partial charge in [-0.2, -0.15) is 5.26 Å². The summed E-state index contributed by atoms with van der Waals surface area (Å²) >= 11 is 2.02. The number of nitrogens with one attached hydrogen (secondary N) is 1. The summed E-state index contributed by atoms with van der Waals surface area (Å²) in [5, 5.41) is 11.9. The molecule has 1 N–H and O–H groups in total. The van der Waals surface area contributed by atoms with Crippen molar-refractivity contribution in [3.63, 3.8) is 0 Å². The fraction of sp³-hybridized carbons (Fsp3) is 0.444. The number of likely N-dealkylation sites (tertiary alicyclic amines) is 1. The minimum atomic E-state index is -0.637. The standard InChI is InChI=1S/C18H18IN5O3/c1-9(2)21-17(26)22-8-12-6-14(22)15-16(25)24(18(27)23(12)15)11-4-3-10(7-20)13(19)5-11/h3-5,9,12,14-15H,6,8H2,1-2H3,(H,21,26). The lowest BCUT2D eigenvalue weighted by Gasteiger charge is -2.35. The van der Waals surface area contributed by atoms with Crippen molar-refractivity contribution >= 4 is 46.2 Å². The highest BCUT2D eigenvalue weighted by Gasteiger charge is 2.62. The summed E-state index contributed by atoms with van der Waals surface area (Å²) < 4.78 is 0.682. The molecular weight excluding hydrogens is 461 g/mol. The lowest BCUT2D eigenvalue weighted by Crippen LogP contribution is -2.57. The van der Waals surface area contributed by atoms with Gasteiger partial charge in [-0.05, 0) is 61.1 Å². The number of hydrogen-bond acceptors (Lipinski definition) is 4. The summed E-state index contributed by atoms with van der Waals surface area (Å²) in [6, 6.07) is 5.36. The van der Waals surface area contributed by atoms with Gasteiger partial charge in [-0.25, -0.2) is 14.5 Å². The first-order chi connectivity index (χ1) is 12.8. The van der Waals surface area contributed by atoms with Crippen LogP contribution in [0.4, 0.5) is 15.3 Å². The zero-order valence-corrected chi connectivity index (χ0v) is 17.0. The van der Waals surface area contributed by atoms with Crippen molar-refractivity contribution in [1.82, 2.24) is 15.1 Å². The monoisotopic (exact) mass is 479 g/mol. The van der Waals surface area contributed by atoms with Crippen molar-refractivity contribution in [1.29, 1.82) is 5.26 Å². The van der Waals surface area contributed by atoms with E-state index < -0.39 is 6.04 Å². The minimum Gasteiger partial charge on any atom is -0.336 e. The number of hydrogen-bond donors (Lipinski definition) is 1. The highest BCUT2D eigenvalue weighted by Crippen LogP contribution is 2.42. The Balaban J connectivity index is 1.62. The van der Waals surface area contributed by atoms with E-state index in [0.717, 1.165) is 0 Å². The van der Waals surface area contributed by atoms with E-state index in [1.165, 1.54) is 4.90 Å². The zero-order valence-electron chi connectivity index (χ0n) is 14.8. The summed E-state index contributed by atoms with van der Waals surface area (Å²) in [6.07, 6.45) is 0.631. The fourth-order valence-corrected chi connectivity index (χ4v) is 4.81. The van der Waals surface area contributed by atoms with Crippen LogP contribution in [0.15, 0.2) is 18.2 Å². The zero-order chi connectivity index (χ0) is 19.5. The Morgan fingerprint density at radius 3 is 2.74 bits per heavy atom. The van der Waals surface area contributed by atoms with Crippen LogP contribution in [-0.2, 0) is 4.79 Å². The second-order valence-corrected chi connectivity index (χ2v) is 8.46. The van der Waals surface area contributed by atoms with E-state index >= 15 is 0 Å². The second-order valence-electron chi connectivity index (χ2n) is 7.30. The molecule has 0 aromatic heterocycles. The molecule has 3 aliphatic rings. The molecule has 0 radical (unpaired) electrons. The van der Waals surface area contributed by atoms with E-state index in [1.54, 1.807) is 28.0 Å². The van der Waals surface area contributed by atoms with E-state index in [2.05, 4.69) is 11.4 Å². The molecule has 140 valence electrons. The molecule has 8 nitrogen and oxygen atoms in total. The maximum Gasteiger partial charge on any atom is 0.332 e. The number of nitriles is 1. The Morgan fingerprint density at radius 1 is 1.37 bits per heavy atom. The van der Waals surface area contributed by atoms with Crippen LogP contribution in [0.25, 0.3) is 0 Å². The molecule has 27 heavy (non-hydrogen) atoms. The van der Waals surface area contributed by atoms with Crippen LogP contribution in [0.1, 0.15) is 25.8 Å². The van der Waals surface area contributed by atoms with Gasteiger partial charge in [0.15, 0.2) is 0 Å². The van der Waals surface area contributed by atoms with Gasteiger partial charge in [0.2, 0.25) is 0 Å². The first kappa shape index (κ1) is 18.0. The van der Waals surface area contributed by atoms with Crippen molar-refractivity contribution in [3.05, 3.63) is 27.3 Å². The van der Waals surface area contributed by atoms with Crippen molar-refractivity contribution in [3.8, 4) is 6.07 Å². The Kier molecular flexibility index (Phi) is 4.25. The number of carbonyl (C=O) groups excluding carboxylic acids is 3. The van der Waals surface area contributed by atoms with Gasteiger partial charge in [-0.15, -0.1) is 0 Å². The third-order valence-electron chi connectivity index (χ3n) is 5.27. The third-order valence-corrected chi connectivity index (χ3v) is 6.16. The number of piperazine rings is 1.